The van der Waals surface area contributed by atoms with Crippen LogP contribution in [0.5, 0.6) is 0 Å². The summed E-state index contributed by atoms with van der Waals surface area (Å²) in [6.45, 7) is 11.3. The molecule has 0 heterocycles. The largest absolute Gasteiger partial charge is 0.316 e. The molecule has 0 spiro atoms. The Morgan fingerprint density at radius 2 is 2.00 bits per heavy atom. The van der Waals surface area contributed by atoms with E-state index in [0.717, 1.165) is 26.1 Å². The molecule has 0 saturated heterocycles. The summed E-state index contributed by atoms with van der Waals surface area (Å²) in [7, 11) is 0. The summed E-state index contributed by atoms with van der Waals surface area (Å²) in [6.07, 6.45) is 4.21. The van der Waals surface area contributed by atoms with E-state index in [9.17, 15) is 0 Å². The third-order valence-electron chi connectivity index (χ3n) is 1.61. The quantitative estimate of drug-likeness (QED) is 0.426. The van der Waals surface area contributed by atoms with Gasteiger partial charge in [0.05, 0.1) is 0 Å². The highest BCUT2D eigenvalue weighted by molar-refractivity contribution is 4.67. The lowest BCUT2D eigenvalue weighted by molar-refractivity contribution is 0.549. The Bertz CT molecular complexity index is 100. The second-order valence-electron chi connectivity index (χ2n) is 3.29. The molecule has 0 bridgehead atoms. The molecule has 0 aliphatic rings. The van der Waals surface area contributed by atoms with E-state index in [1.165, 1.54) is 6.42 Å². The molecule has 72 valence electrons. The summed E-state index contributed by atoms with van der Waals surface area (Å²) < 4.78 is 0. The maximum absolute atomic E-state index is 3.67. The second kappa shape index (κ2) is 8.75. The molecule has 0 rings (SSSR count). The Hall–Kier alpha value is -0.340. The minimum absolute atomic E-state index is 0.609. The summed E-state index contributed by atoms with van der Waals surface area (Å²) in [4.78, 5) is 0. The van der Waals surface area contributed by atoms with Crippen molar-refractivity contribution in [3.05, 3.63) is 12.7 Å². The van der Waals surface area contributed by atoms with Crippen molar-refractivity contribution in [2.45, 2.75) is 32.7 Å². The smallest absolute Gasteiger partial charge is 0.00103 e. The van der Waals surface area contributed by atoms with Gasteiger partial charge in [0.2, 0.25) is 0 Å². The van der Waals surface area contributed by atoms with Crippen LogP contribution in [0.1, 0.15) is 26.7 Å². The van der Waals surface area contributed by atoms with E-state index < -0.39 is 0 Å². The van der Waals surface area contributed by atoms with E-state index in [2.05, 4.69) is 31.1 Å². The summed E-state index contributed by atoms with van der Waals surface area (Å²) in [6, 6.07) is 0.609. The molecular formula is C10H22N2. The number of nitrogens with one attached hydrogen (secondary N) is 2. The van der Waals surface area contributed by atoms with E-state index in [1.54, 1.807) is 0 Å². The van der Waals surface area contributed by atoms with Gasteiger partial charge in [0.25, 0.3) is 0 Å². The van der Waals surface area contributed by atoms with E-state index in [0.29, 0.717) is 6.04 Å². The van der Waals surface area contributed by atoms with E-state index in [-0.39, 0.29) is 0 Å². The van der Waals surface area contributed by atoms with Crippen molar-refractivity contribution in [2.24, 2.45) is 0 Å². The molecule has 0 unspecified atom stereocenters. The van der Waals surface area contributed by atoms with Crippen LogP contribution in [0.4, 0.5) is 0 Å². The van der Waals surface area contributed by atoms with Crippen LogP contribution >= 0.6 is 0 Å². The zero-order valence-corrected chi connectivity index (χ0v) is 8.40. The number of hydrogen-bond acceptors (Lipinski definition) is 2. The monoisotopic (exact) mass is 170 g/mol. The van der Waals surface area contributed by atoms with Gasteiger partial charge in [-0.3, -0.25) is 0 Å². The number of hydrogen-bond donors (Lipinski definition) is 2. The molecule has 12 heavy (non-hydrogen) atoms. The van der Waals surface area contributed by atoms with Crippen molar-refractivity contribution >= 4 is 0 Å². The molecule has 0 aliphatic carbocycles. The fourth-order valence-corrected chi connectivity index (χ4v) is 0.933. The van der Waals surface area contributed by atoms with Gasteiger partial charge in [-0.15, -0.1) is 6.58 Å². The van der Waals surface area contributed by atoms with Crippen molar-refractivity contribution in [1.29, 1.82) is 0 Å². The van der Waals surface area contributed by atoms with Crippen LogP contribution in [0.2, 0.25) is 0 Å². The molecule has 0 saturated carbocycles. The summed E-state index contributed by atoms with van der Waals surface area (Å²) >= 11 is 0. The fourth-order valence-electron chi connectivity index (χ4n) is 0.933. The summed E-state index contributed by atoms with van der Waals surface area (Å²) in [5, 5.41) is 6.73. The van der Waals surface area contributed by atoms with Crippen molar-refractivity contribution in [1.82, 2.24) is 10.6 Å². The Labute approximate surface area is 76.4 Å². The standard InChI is InChI=1S/C10H22N2/c1-4-5-7-11-8-6-9-12-10(2)3/h4,10-12H,1,5-9H2,2-3H3. The van der Waals surface area contributed by atoms with Crippen LogP contribution in [0.3, 0.4) is 0 Å². The van der Waals surface area contributed by atoms with E-state index in [4.69, 9.17) is 0 Å². The van der Waals surface area contributed by atoms with Gasteiger partial charge in [0, 0.05) is 6.04 Å². The second-order valence-corrected chi connectivity index (χ2v) is 3.29. The minimum Gasteiger partial charge on any atom is -0.316 e. The van der Waals surface area contributed by atoms with Crippen LogP contribution < -0.4 is 10.6 Å². The molecule has 2 heteroatoms. The van der Waals surface area contributed by atoms with Gasteiger partial charge >= 0.3 is 0 Å². The van der Waals surface area contributed by atoms with E-state index in [1.807, 2.05) is 6.08 Å². The molecular weight excluding hydrogens is 148 g/mol. The van der Waals surface area contributed by atoms with Crippen LogP contribution in [-0.2, 0) is 0 Å². The highest BCUT2D eigenvalue weighted by Gasteiger charge is 1.90. The highest BCUT2D eigenvalue weighted by Crippen LogP contribution is 1.80. The topological polar surface area (TPSA) is 24.1 Å². The SMILES string of the molecule is C=CCCNCCCNC(C)C. The molecule has 0 aromatic rings. The molecule has 0 aromatic heterocycles. The molecule has 0 radical (unpaired) electrons. The minimum atomic E-state index is 0.609. The lowest BCUT2D eigenvalue weighted by Crippen LogP contribution is -2.27. The third kappa shape index (κ3) is 9.66. The lowest BCUT2D eigenvalue weighted by Gasteiger charge is -2.07. The van der Waals surface area contributed by atoms with Crippen LogP contribution in [0, 0.1) is 0 Å². The van der Waals surface area contributed by atoms with Gasteiger partial charge in [-0.1, -0.05) is 19.9 Å². The Balaban J connectivity index is 2.86. The van der Waals surface area contributed by atoms with Gasteiger partial charge in [-0.2, -0.15) is 0 Å². The third-order valence-corrected chi connectivity index (χ3v) is 1.61. The maximum atomic E-state index is 3.67. The van der Waals surface area contributed by atoms with Gasteiger partial charge in [0.1, 0.15) is 0 Å². The van der Waals surface area contributed by atoms with Crippen molar-refractivity contribution in [3.8, 4) is 0 Å². The van der Waals surface area contributed by atoms with Crippen molar-refractivity contribution < 1.29 is 0 Å². The van der Waals surface area contributed by atoms with E-state index >= 15 is 0 Å². The van der Waals surface area contributed by atoms with Gasteiger partial charge in [-0.05, 0) is 32.5 Å². The van der Waals surface area contributed by atoms with Crippen LogP contribution in [0.25, 0.3) is 0 Å². The first-order chi connectivity index (χ1) is 5.77. The molecule has 2 nitrogen and oxygen atoms in total. The zero-order valence-electron chi connectivity index (χ0n) is 8.40. The van der Waals surface area contributed by atoms with Crippen molar-refractivity contribution in [3.63, 3.8) is 0 Å². The first-order valence-electron chi connectivity index (χ1n) is 4.82. The van der Waals surface area contributed by atoms with Gasteiger partial charge in [-0.25, -0.2) is 0 Å². The van der Waals surface area contributed by atoms with Crippen molar-refractivity contribution in [2.75, 3.05) is 19.6 Å². The average molecular weight is 170 g/mol. The molecule has 2 N–H and O–H groups in total. The molecule has 0 aromatic carbocycles. The van der Waals surface area contributed by atoms with Crippen LogP contribution in [-0.4, -0.2) is 25.7 Å². The predicted molar refractivity (Wildman–Crippen MR) is 55.4 cm³/mol. The summed E-state index contributed by atoms with van der Waals surface area (Å²) in [5.74, 6) is 0. The molecule has 0 amide bonds. The zero-order chi connectivity index (χ0) is 9.23. The Kier molecular flexibility index (Phi) is 8.51. The highest BCUT2D eigenvalue weighted by atomic mass is 14.9. The molecule has 0 atom stereocenters. The summed E-state index contributed by atoms with van der Waals surface area (Å²) in [5.41, 5.74) is 0. The lowest BCUT2D eigenvalue weighted by atomic mass is 10.3. The normalized spacial score (nSPS) is 10.6. The van der Waals surface area contributed by atoms with Gasteiger partial charge < -0.3 is 10.6 Å². The molecule has 0 fully saturated rings. The fraction of sp³-hybridized carbons (Fsp3) is 0.800. The van der Waals surface area contributed by atoms with Crippen LogP contribution in [0.15, 0.2) is 12.7 Å². The Morgan fingerprint density at radius 1 is 1.25 bits per heavy atom. The first-order valence-corrected chi connectivity index (χ1v) is 4.82. The first kappa shape index (κ1) is 11.7. The molecule has 0 aliphatic heterocycles. The van der Waals surface area contributed by atoms with Gasteiger partial charge in [0.15, 0.2) is 0 Å². The maximum Gasteiger partial charge on any atom is 0.00103 e. The Morgan fingerprint density at radius 3 is 2.58 bits per heavy atom. The average Bonchev–Trinajstić information content (AvgIpc) is 2.02. The predicted octanol–water partition coefficient (Wildman–Crippen LogP) is 1.54. The number of rotatable bonds is 8.